The molecule has 2 aromatic rings. The van der Waals surface area contributed by atoms with Gasteiger partial charge in [0, 0.05) is 18.1 Å². The quantitative estimate of drug-likeness (QED) is 0.812. The van der Waals surface area contributed by atoms with Crippen LogP contribution in [0.25, 0.3) is 11.0 Å². The topological polar surface area (TPSA) is 90.0 Å². The van der Waals surface area contributed by atoms with E-state index in [2.05, 4.69) is 9.71 Å². The van der Waals surface area contributed by atoms with E-state index in [1.807, 2.05) is 10.6 Å². The average Bonchev–Trinajstić information content (AvgIpc) is 2.58. The summed E-state index contributed by atoms with van der Waals surface area (Å²) in [6.07, 6.45) is 1.77. The number of imidazole rings is 1. The minimum Gasteiger partial charge on any atom is -0.369 e. The molecule has 3 N–H and O–H groups in total. The number of aromatic nitrogens is 2. The smallest absolute Gasteiger partial charge is 0.208 e. The van der Waals surface area contributed by atoms with Gasteiger partial charge in [0.05, 0.1) is 17.3 Å². The SMILES string of the molecule is CS(=O)(=O)NCCCn1c(N)nc2cc(Cl)ccc21. The summed E-state index contributed by atoms with van der Waals surface area (Å²) < 4.78 is 26.2. The number of hydrogen-bond donors (Lipinski definition) is 2. The fourth-order valence-corrected chi connectivity index (χ4v) is 2.53. The van der Waals surface area contributed by atoms with Crippen molar-refractivity contribution in [1.82, 2.24) is 14.3 Å². The van der Waals surface area contributed by atoms with E-state index in [4.69, 9.17) is 17.3 Å². The first-order chi connectivity index (χ1) is 8.87. The Balaban J connectivity index is 2.10. The Morgan fingerprint density at radius 1 is 1.47 bits per heavy atom. The molecule has 0 amide bonds. The van der Waals surface area contributed by atoms with E-state index in [0.717, 1.165) is 17.3 Å². The molecule has 0 aliphatic rings. The van der Waals surface area contributed by atoms with Crippen LogP contribution >= 0.6 is 11.6 Å². The lowest BCUT2D eigenvalue weighted by Gasteiger charge is -2.06. The van der Waals surface area contributed by atoms with Gasteiger partial charge in [-0.15, -0.1) is 0 Å². The zero-order chi connectivity index (χ0) is 14.0. The van der Waals surface area contributed by atoms with Crippen molar-refractivity contribution in [2.75, 3.05) is 18.5 Å². The van der Waals surface area contributed by atoms with Crippen molar-refractivity contribution in [1.29, 1.82) is 0 Å². The Kier molecular flexibility index (Phi) is 3.98. The van der Waals surface area contributed by atoms with E-state index in [1.54, 1.807) is 12.1 Å². The molecule has 0 bridgehead atoms. The summed E-state index contributed by atoms with van der Waals surface area (Å²) in [4.78, 5) is 4.22. The molecule has 0 fully saturated rings. The van der Waals surface area contributed by atoms with E-state index in [1.165, 1.54) is 0 Å². The van der Waals surface area contributed by atoms with Gasteiger partial charge in [0.25, 0.3) is 0 Å². The largest absolute Gasteiger partial charge is 0.369 e. The van der Waals surface area contributed by atoms with E-state index in [9.17, 15) is 8.42 Å². The van der Waals surface area contributed by atoms with Crippen molar-refractivity contribution in [3.8, 4) is 0 Å². The average molecular weight is 303 g/mol. The number of nitrogens with two attached hydrogens (primary N) is 1. The van der Waals surface area contributed by atoms with Crippen molar-refractivity contribution in [2.24, 2.45) is 0 Å². The Morgan fingerprint density at radius 2 is 2.21 bits per heavy atom. The van der Waals surface area contributed by atoms with Gasteiger partial charge in [-0.05, 0) is 24.6 Å². The van der Waals surface area contributed by atoms with Gasteiger partial charge in [0.15, 0.2) is 0 Å². The van der Waals surface area contributed by atoms with E-state index < -0.39 is 10.0 Å². The lowest BCUT2D eigenvalue weighted by Crippen LogP contribution is -2.24. The number of hydrogen-bond acceptors (Lipinski definition) is 4. The van der Waals surface area contributed by atoms with Gasteiger partial charge < -0.3 is 10.3 Å². The van der Waals surface area contributed by atoms with Crippen molar-refractivity contribution < 1.29 is 8.42 Å². The third-order valence-electron chi connectivity index (χ3n) is 2.66. The zero-order valence-electron chi connectivity index (χ0n) is 10.4. The number of nitrogen functional groups attached to an aromatic ring is 1. The van der Waals surface area contributed by atoms with Gasteiger partial charge in [-0.2, -0.15) is 0 Å². The molecule has 0 saturated heterocycles. The Bertz CT molecular complexity index is 696. The number of aryl methyl sites for hydroxylation is 1. The second-order valence-electron chi connectivity index (χ2n) is 4.27. The number of benzene rings is 1. The Morgan fingerprint density at radius 3 is 2.89 bits per heavy atom. The van der Waals surface area contributed by atoms with Gasteiger partial charge in [0.1, 0.15) is 0 Å². The normalized spacial score (nSPS) is 12.1. The number of nitrogens with zero attached hydrogens (tertiary/aromatic N) is 2. The van der Waals surface area contributed by atoms with Crippen LogP contribution in [-0.4, -0.2) is 30.8 Å². The molecule has 0 unspecified atom stereocenters. The Labute approximate surface area is 116 Å². The fourth-order valence-electron chi connectivity index (χ4n) is 1.85. The molecule has 1 heterocycles. The maximum absolute atomic E-state index is 10.9. The highest BCUT2D eigenvalue weighted by Gasteiger charge is 2.08. The first-order valence-electron chi connectivity index (χ1n) is 5.73. The van der Waals surface area contributed by atoms with Crippen LogP contribution < -0.4 is 10.5 Å². The molecule has 0 saturated carbocycles. The summed E-state index contributed by atoms with van der Waals surface area (Å²) in [5, 5.41) is 0.607. The van der Waals surface area contributed by atoms with Crippen LogP contribution in [-0.2, 0) is 16.6 Å². The lowest BCUT2D eigenvalue weighted by molar-refractivity contribution is 0.578. The number of sulfonamides is 1. The number of anilines is 1. The highest BCUT2D eigenvalue weighted by molar-refractivity contribution is 7.88. The lowest BCUT2D eigenvalue weighted by atomic mass is 10.3. The van der Waals surface area contributed by atoms with Crippen LogP contribution in [0.5, 0.6) is 0 Å². The molecule has 1 aromatic heterocycles. The highest BCUT2D eigenvalue weighted by atomic mass is 35.5. The van der Waals surface area contributed by atoms with E-state index >= 15 is 0 Å². The van der Waals surface area contributed by atoms with Gasteiger partial charge in [-0.1, -0.05) is 11.6 Å². The molecule has 0 spiro atoms. The van der Waals surface area contributed by atoms with Crippen LogP contribution in [0.1, 0.15) is 6.42 Å². The van der Waals surface area contributed by atoms with Crippen LogP contribution in [0.2, 0.25) is 5.02 Å². The summed E-state index contributed by atoms with van der Waals surface area (Å²) in [6, 6.07) is 5.37. The molecule has 1 aromatic carbocycles. The highest BCUT2D eigenvalue weighted by Crippen LogP contribution is 2.21. The van der Waals surface area contributed by atoms with Crippen molar-refractivity contribution in [3.63, 3.8) is 0 Å². The fraction of sp³-hybridized carbons (Fsp3) is 0.364. The molecule has 8 heteroatoms. The standard InChI is InChI=1S/C11H15ClN4O2S/c1-19(17,18)14-5-2-6-16-10-4-3-8(12)7-9(10)15-11(16)13/h3-4,7,14H,2,5-6H2,1H3,(H2,13,15). The third-order valence-corrected chi connectivity index (χ3v) is 3.63. The number of nitrogens with one attached hydrogen (secondary N) is 1. The minimum absolute atomic E-state index is 0.367. The maximum atomic E-state index is 10.9. The summed E-state index contributed by atoms with van der Waals surface area (Å²) >= 11 is 5.89. The van der Waals surface area contributed by atoms with Crippen molar-refractivity contribution >= 4 is 38.6 Å². The molecule has 19 heavy (non-hydrogen) atoms. The first kappa shape index (κ1) is 14.1. The predicted molar refractivity (Wildman–Crippen MR) is 76.6 cm³/mol. The molecule has 6 nitrogen and oxygen atoms in total. The summed E-state index contributed by atoms with van der Waals surface area (Å²) in [5.41, 5.74) is 7.47. The second kappa shape index (κ2) is 5.36. The van der Waals surface area contributed by atoms with Crippen LogP contribution in [0.3, 0.4) is 0 Å². The molecule has 2 rings (SSSR count). The van der Waals surface area contributed by atoms with Gasteiger partial charge in [-0.25, -0.2) is 18.1 Å². The maximum Gasteiger partial charge on any atom is 0.208 e. The zero-order valence-corrected chi connectivity index (χ0v) is 12.0. The van der Waals surface area contributed by atoms with Gasteiger partial charge in [-0.3, -0.25) is 0 Å². The van der Waals surface area contributed by atoms with Crippen LogP contribution in [0, 0.1) is 0 Å². The van der Waals surface area contributed by atoms with Crippen LogP contribution in [0.4, 0.5) is 5.95 Å². The number of fused-ring (bicyclic) bond motifs is 1. The minimum atomic E-state index is -3.15. The summed E-state index contributed by atoms with van der Waals surface area (Å²) in [7, 11) is -3.15. The molecular formula is C11H15ClN4O2S. The van der Waals surface area contributed by atoms with Crippen LogP contribution in [0.15, 0.2) is 18.2 Å². The summed E-state index contributed by atoms with van der Waals surface area (Å²) in [5.74, 6) is 0.400. The third kappa shape index (κ3) is 3.59. The number of rotatable bonds is 5. The van der Waals surface area contributed by atoms with E-state index in [-0.39, 0.29) is 0 Å². The van der Waals surface area contributed by atoms with Crippen molar-refractivity contribution in [2.45, 2.75) is 13.0 Å². The molecular weight excluding hydrogens is 288 g/mol. The molecule has 0 radical (unpaired) electrons. The molecule has 0 aliphatic carbocycles. The van der Waals surface area contributed by atoms with Gasteiger partial charge in [0.2, 0.25) is 16.0 Å². The summed E-state index contributed by atoms with van der Waals surface area (Å²) in [6.45, 7) is 0.956. The number of halogens is 1. The second-order valence-corrected chi connectivity index (χ2v) is 6.54. The van der Waals surface area contributed by atoms with Crippen molar-refractivity contribution in [3.05, 3.63) is 23.2 Å². The molecule has 0 aliphatic heterocycles. The Hall–Kier alpha value is -1.31. The molecule has 0 atom stereocenters. The van der Waals surface area contributed by atoms with Gasteiger partial charge >= 0.3 is 0 Å². The van der Waals surface area contributed by atoms with E-state index in [0.29, 0.717) is 30.5 Å². The molecule has 104 valence electrons. The predicted octanol–water partition coefficient (Wildman–Crippen LogP) is 1.21. The monoisotopic (exact) mass is 302 g/mol. The first-order valence-corrected chi connectivity index (χ1v) is 7.99.